The lowest BCUT2D eigenvalue weighted by molar-refractivity contribution is -0.132. The van der Waals surface area contributed by atoms with Crippen molar-refractivity contribution in [2.24, 2.45) is 0 Å². The number of benzene rings is 3. The first-order chi connectivity index (χ1) is 19.0. The molecule has 1 N–H and O–H groups in total. The monoisotopic (exact) mass is 523 g/mol. The lowest BCUT2D eigenvalue weighted by Gasteiger charge is -2.22. The van der Waals surface area contributed by atoms with E-state index in [-0.39, 0.29) is 24.3 Å². The number of ether oxygens (including phenoxy) is 3. The second kappa shape index (κ2) is 9.94. The van der Waals surface area contributed by atoms with Gasteiger partial charge in [-0.2, -0.15) is 0 Å². The van der Waals surface area contributed by atoms with E-state index >= 15 is 0 Å². The molecule has 2 aliphatic rings. The summed E-state index contributed by atoms with van der Waals surface area (Å²) >= 11 is 0. The van der Waals surface area contributed by atoms with Crippen LogP contribution in [0.4, 0.5) is 0 Å². The number of nitrogens with one attached hydrogen (secondary N) is 1. The number of nitrogens with zero attached hydrogens (tertiary/aromatic N) is 2. The average Bonchev–Trinajstić information content (AvgIpc) is 3.12. The number of aromatic nitrogens is 1. The largest absolute Gasteiger partial charge is 0.494 e. The van der Waals surface area contributed by atoms with Crippen LogP contribution < -0.4 is 19.5 Å². The molecule has 2 aliphatic heterocycles. The number of rotatable bonds is 5. The maximum Gasteiger partial charge on any atom is 0.252 e. The highest BCUT2D eigenvalue weighted by atomic mass is 16.5. The van der Waals surface area contributed by atoms with Crippen molar-refractivity contribution in [2.75, 3.05) is 27.4 Å². The molecule has 1 aromatic heterocycles. The lowest BCUT2D eigenvalue weighted by Crippen LogP contribution is -2.35. The smallest absolute Gasteiger partial charge is 0.252 e. The standard InChI is InChI=1S/C31H29N3O5/c1-18-13-24(32-29-21(18)9-6-10-26(29)37-2)19-14-20-17-34(11-12-39-30(20)27(15-19)38-3)28(35)16-25-22-7-4-5-8-23(22)31(36)33-25/h4-10,13-15,25H,11-12,16-17H2,1-3H3,(H,33,36). The summed E-state index contributed by atoms with van der Waals surface area (Å²) in [5.41, 5.74) is 5.83. The highest BCUT2D eigenvalue weighted by molar-refractivity contribution is 5.99. The van der Waals surface area contributed by atoms with Crippen molar-refractivity contribution in [3.05, 3.63) is 82.9 Å². The van der Waals surface area contributed by atoms with Gasteiger partial charge < -0.3 is 24.4 Å². The summed E-state index contributed by atoms with van der Waals surface area (Å²) in [6.07, 6.45) is 0.181. The Morgan fingerprint density at radius 3 is 2.72 bits per heavy atom. The predicted octanol–water partition coefficient (Wildman–Crippen LogP) is 4.82. The van der Waals surface area contributed by atoms with E-state index in [1.807, 2.05) is 54.6 Å². The normalized spacial score (nSPS) is 16.1. The number of hydrogen-bond acceptors (Lipinski definition) is 6. The summed E-state index contributed by atoms with van der Waals surface area (Å²) in [5, 5.41) is 3.97. The molecule has 39 heavy (non-hydrogen) atoms. The minimum Gasteiger partial charge on any atom is -0.494 e. The fraction of sp³-hybridized carbons (Fsp3) is 0.258. The number of methoxy groups -OCH3 is 2. The summed E-state index contributed by atoms with van der Waals surface area (Å²) in [6.45, 7) is 3.18. The quantitative estimate of drug-likeness (QED) is 0.403. The lowest BCUT2D eigenvalue weighted by atomic mass is 10.0. The van der Waals surface area contributed by atoms with Gasteiger partial charge in [0.25, 0.3) is 5.91 Å². The number of pyridine rings is 1. The Morgan fingerprint density at radius 1 is 1.08 bits per heavy atom. The van der Waals surface area contributed by atoms with Gasteiger partial charge in [0.15, 0.2) is 11.5 Å². The van der Waals surface area contributed by atoms with Gasteiger partial charge in [0.2, 0.25) is 5.91 Å². The van der Waals surface area contributed by atoms with Gasteiger partial charge in [-0.05, 0) is 48.4 Å². The molecule has 8 nitrogen and oxygen atoms in total. The van der Waals surface area contributed by atoms with E-state index in [2.05, 4.69) is 12.2 Å². The van der Waals surface area contributed by atoms with Crippen LogP contribution in [0.3, 0.4) is 0 Å². The number of para-hydroxylation sites is 1. The SMILES string of the molecule is COc1cc(-c2cc(C)c3cccc(OC)c3n2)cc2c1OCCN(C(=O)CC1NC(=O)c3ccccc31)C2. The van der Waals surface area contributed by atoms with Gasteiger partial charge in [-0.1, -0.05) is 30.3 Å². The molecule has 0 radical (unpaired) electrons. The van der Waals surface area contributed by atoms with Crippen LogP contribution in [0.2, 0.25) is 0 Å². The van der Waals surface area contributed by atoms with Crippen LogP contribution in [-0.4, -0.2) is 49.1 Å². The minimum absolute atomic E-state index is 0.0535. The zero-order valence-electron chi connectivity index (χ0n) is 22.1. The van der Waals surface area contributed by atoms with Crippen molar-refractivity contribution in [1.82, 2.24) is 15.2 Å². The third-order valence-electron chi connectivity index (χ3n) is 7.46. The van der Waals surface area contributed by atoms with Crippen LogP contribution in [0.15, 0.2) is 60.7 Å². The molecule has 0 fully saturated rings. The molecule has 0 aliphatic carbocycles. The van der Waals surface area contributed by atoms with Gasteiger partial charge in [-0.3, -0.25) is 9.59 Å². The minimum atomic E-state index is -0.342. The third-order valence-corrected chi connectivity index (χ3v) is 7.46. The summed E-state index contributed by atoms with van der Waals surface area (Å²) in [6, 6.07) is 18.9. The van der Waals surface area contributed by atoms with Crippen LogP contribution in [0, 0.1) is 6.92 Å². The van der Waals surface area contributed by atoms with E-state index in [0.717, 1.165) is 38.9 Å². The molecule has 8 heteroatoms. The zero-order valence-corrected chi connectivity index (χ0v) is 22.1. The summed E-state index contributed by atoms with van der Waals surface area (Å²) in [7, 11) is 3.25. The number of fused-ring (bicyclic) bond motifs is 3. The topological polar surface area (TPSA) is 90.0 Å². The van der Waals surface area contributed by atoms with E-state index in [1.165, 1.54) is 0 Å². The predicted molar refractivity (Wildman–Crippen MR) is 147 cm³/mol. The zero-order chi connectivity index (χ0) is 27.1. The number of amides is 2. The van der Waals surface area contributed by atoms with Crippen molar-refractivity contribution >= 4 is 22.7 Å². The molecule has 2 amide bonds. The van der Waals surface area contributed by atoms with Gasteiger partial charge >= 0.3 is 0 Å². The maximum atomic E-state index is 13.5. The molecule has 1 unspecified atom stereocenters. The van der Waals surface area contributed by atoms with E-state index in [1.54, 1.807) is 25.2 Å². The highest BCUT2D eigenvalue weighted by Gasteiger charge is 2.32. The molecule has 198 valence electrons. The molecule has 6 rings (SSSR count). The van der Waals surface area contributed by atoms with Crippen molar-refractivity contribution in [2.45, 2.75) is 25.9 Å². The second-order valence-corrected chi connectivity index (χ2v) is 9.83. The Morgan fingerprint density at radius 2 is 1.90 bits per heavy atom. The summed E-state index contributed by atoms with van der Waals surface area (Å²) in [5.74, 6) is 1.73. The average molecular weight is 524 g/mol. The van der Waals surface area contributed by atoms with Crippen LogP contribution in [0.5, 0.6) is 17.2 Å². The first-order valence-corrected chi connectivity index (χ1v) is 12.9. The van der Waals surface area contributed by atoms with Crippen LogP contribution in [0.1, 0.15) is 39.5 Å². The molecule has 0 saturated heterocycles. The van der Waals surface area contributed by atoms with Gasteiger partial charge in [0.1, 0.15) is 17.9 Å². The number of carbonyl (C=O) groups excluding carboxylic acids is 2. The maximum absolute atomic E-state index is 13.5. The Bertz CT molecular complexity index is 1620. The highest BCUT2D eigenvalue weighted by Crippen LogP contribution is 2.39. The number of aryl methyl sites for hydroxylation is 1. The Balaban J connectivity index is 1.33. The van der Waals surface area contributed by atoms with Crippen molar-refractivity contribution in [3.63, 3.8) is 0 Å². The van der Waals surface area contributed by atoms with Gasteiger partial charge in [-0.15, -0.1) is 0 Å². The van der Waals surface area contributed by atoms with Gasteiger partial charge in [0.05, 0.1) is 38.9 Å². The molecule has 0 spiro atoms. The second-order valence-electron chi connectivity index (χ2n) is 9.83. The first kappa shape index (κ1) is 24.7. The molecular weight excluding hydrogens is 494 g/mol. The summed E-state index contributed by atoms with van der Waals surface area (Å²) < 4.78 is 17.4. The first-order valence-electron chi connectivity index (χ1n) is 12.9. The summed E-state index contributed by atoms with van der Waals surface area (Å²) in [4.78, 5) is 32.5. The molecule has 0 bridgehead atoms. The van der Waals surface area contributed by atoms with E-state index < -0.39 is 0 Å². The van der Waals surface area contributed by atoms with Crippen LogP contribution in [-0.2, 0) is 11.3 Å². The Labute approximate surface area is 226 Å². The van der Waals surface area contributed by atoms with Crippen LogP contribution in [0.25, 0.3) is 22.2 Å². The van der Waals surface area contributed by atoms with Crippen molar-refractivity contribution in [1.29, 1.82) is 0 Å². The molecule has 3 aromatic carbocycles. The fourth-order valence-corrected chi connectivity index (χ4v) is 5.49. The molecular formula is C31H29N3O5. The molecule has 3 heterocycles. The van der Waals surface area contributed by atoms with Crippen molar-refractivity contribution in [3.8, 4) is 28.5 Å². The third kappa shape index (κ3) is 4.41. The number of hydrogen-bond donors (Lipinski definition) is 1. The number of carbonyl (C=O) groups is 2. The van der Waals surface area contributed by atoms with Crippen LogP contribution >= 0.6 is 0 Å². The molecule has 0 saturated carbocycles. The van der Waals surface area contributed by atoms with E-state index in [0.29, 0.717) is 42.5 Å². The molecule has 1 atom stereocenters. The van der Waals surface area contributed by atoms with E-state index in [4.69, 9.17) is 19.2 Å². The van der Waals surface area contributed by atoms with Gasteiger partial charge in [-0.25, -0.2) is 4.98 Å². The Hall–Kier alpha value is -4.59. The van der Waals surface area contributed by atoms with Gasteiger partial charge in [0, 0.05) is 28.6 Å². The Kier molecular flexibility index (Phi) is 6.30. The fourth-order valence-electron chi connectivity index (χ4n) is 5.49. The van der Waals surface area contributed by atoms with E-state index in [9.17, 15) is 9.59 Å². The molecule has 4 aromatic rings. The van der Waals surface area contributed by atoms with Crippen molar-refractivity contribution < 1.29 is 23.8 Å².